The Kier molecular flexibility index (Phi) is 5.99. The third-order valence-corrected chi connectivity index (χ3v) is 6.24. The van der Waals surface area contributed by atoms with E-state index in [0.717, 1.165) is 44.1 Å². The normalized spacial score (nSPS) is 21.3. The molecule has 6 heteroatoms. The fraction of sp³-hybridized carbons (Fsp3) is 0.609. The molecule has 0 atom stereocenters. The van der Waals surface area contributed by atoms with Crippen LogP contribution < -0.4 is 15.0 Å². The molecule has 4 rings (SSSR count). The molecular weight excluding hydrogens is 370 g/mol. The zero-order valence-electron chi connectivity index (χ0n) is 17.4. The van der Waals surface area contributed by atoms with Crippen LogP contribution in [0.3, 0.4) is 0 Å². The lowest BCUT2D eigenvalue weighted by atomic mass is 9.78. The van der Waals surface area contributed by atoms with Crippen molar-refractivity contribution < 1.29 is 23.8 Å². The molecule has 1 aromatic carbocycles. The molecule has 6 nitrogen and oxygen atoms in total. The number of esters is 1. The standard InChI is InChI=1S/C23H31NO5/c1-3-27-22(25)20-21(24-29-23(20)13-7-4-8-14-23)16-11-12-18(26-2)19(15-16)28-17-9-5-6-10-17/h11-12,15,17,24H,3-10,13-14H2,1-2H3. The molecule has 29 heavy (non-hydrogen) atoms. The summed E-state index contributed by atoms with van der Waals surface area (Å²) in [5.41, 5.74) is 4.60. The van der Waals surface area contributed by atoms with Gasteiger partial charge in [0.05, 0.1) is 31.1 Å². The molecule has 2 aliphatic carbocycles. The summed E-state index contributed by atoms with van der Waals surface area (Å²) in [5.74, 6) is 1.10. The first-order chi connectivity index (χ1) is 14.2. The van der Waals surface area contributed by atoms with Gasteiger partial charge >= 0.3 is 5.97 Å². The second kappa shape index (κ2) is 8.66. The number of hydroxylamine groups is 1. The number of benzene rings is 1. The first-order valence-corrected chi connectivity index (χ1v) is 10.9. The molecule has 0 bridgehead atoms. The van der Waals surface area contributed by atoms with E-state index in [4.69, 9.17) is 19.0 Å². The fourth-order valence-electron chi connectivity index (χ4n) is 4.76. The Morgan fingerprint density at radius 1 is 1.14 bits per heavy atom. The van der Waals surface area contributed by atoms with E-state index < -0.39 is 5.60 Å². The van der Waals surface area contributed by atoms with E-state index in [0.29, 0.717) is 29.4 Å². The lowest BCUT2D eigenvalue weighted by molar-refractivity contribution is -0.143. The van der Waals surface area contributed by atoms with Crippen LogP contribution in [0.15, 0.2) is 23.8 Å². The summed E-state index contributed by atoms with van der Waals surface area (Å²) in [7, 11) is 1.65. The van der Waals surface area contributed by atoms with Crippen molar-refractivity contribution in [3.8, 4) is 11.5 Å². The number of methoxy groups -OCH3 is 1. The highest BCUT2D eigenvalue weighted by atomic mass is 16.7. The van der Waals surface area contributed by atoms with Gasteiger partial charge in [0.2, 0.25) is 0 Å². The molecule has 0 saturated heterocycles. The Labute approximate surface area is 172 Å². The predicted molar refractivity (Wildman–Crippen MR) is 109 cm³/mol. The molecular formula is C23H31NO5. The van der Waals surface area contributed by atoms with Crippen molar-refractivity contribution in [2.75, 3.05) is 13.7 Å². The van der Waals surface area contributed by atoms with Crippen molar-refractivity contribution in [1.29, 1.82) is 0 Å². The number of hydrogen-bond donors (Lipinski definition) is 1. The molecule has 1 N–H and O–H groups in total. The molecule has 2 saturated carbocycles. The van der Waals surface area contributed by atoms with Crippen molar-refractivity contribution in [2.24, 2.45) is 0 Å². The van der Waals surface area contributed by atoms with Crippen LogP contribution in [0.1, 0.15) is 70.3 Å². The van der Waals surface area contributed by atoms with Crippen molar-refractivity contribution in [3.63, 3.8) is 0 Å². The highest BCUT2D eigenvalue weighted by Crippen LogP contribution is 2.45. The third kappa shape index (κ3) is 3.95. The van der Waals surface area contributed by atoms with Crippen LogP contribution in [0.5, 0.6) is 11.5 Å². The summed E-state index contributed by atoms with van der Waals surface area (Å²) in [5, 5.41) is 0. The van der Waals surface area contributed by atoms with Gasteiger partial charge in [0.1, 0.15) is 5.60 Å². The smallest absolute Gasteiger partial charge is 0.339 e. The van der Waals surface area contributed by atoms with Gasteiger partial charge in [-0.25, -0.2) is 4.79 Å². The number of hydrogen-bond acceptors (Lipinski definition) is 6. The van der Waals surface area contributed by atoms with Gasteiger partial charge in [-0.15, -0.1) is 0 Å². The van der Waals surface area contributed by atoms with Crippen LogP contribution in [0.25, 0.3) is 5.70 Å². The van der Waals surface area contributed by atoms with E-state index in [1.54, 1.807) is 7.11 Å². The van der Waals surface area contributed by atoms with E-state index in [1.807, 2.05) is 25.1 Å². The summed E-state index contributed by atoms with van der Waals surface area (Å²) in [6.45, 7) is 2.17. The summed E-state index contributed by atoms with van der Waals surface area (Å²) in [6.07, 6.45) is 9.62. The van der Waals surface area contributed by atoms with Crippen molar-refractivity contribution >= 4 is 11.7 Å². The average Bonchev–Trinajstić information content (AvgIpc) is 3.37. The maximum Gasteiger partial charge on any atom is 0.339 e. The molecule has 1 aliphatic heterocycles. The second-order valence-electron chi connectivity index (χ2n) is 8.12. The Morgan fingerprint density at radius 2 is 1.90 bits per heavy atom. The number of ether oxygens (including phenoxy) is 3. The van der Waals surface area contributed by atoms with Crippen LogP contribution in [0.2, 0.25) is 0 Å². The minimum absolute atomic E-state index is 0.218. The van der Waals surface area contributed by atoms with Crippen LogP contribution in [0, 0.1) is 0 Å². The molecule has 1 heterocycles. The van der Waals surface area contributed by atoms with Crippen LogP contribution >= 0.6 is 0 Å². The summed E-state index contributed by atoms with van der Waals surface area (Å²) < 4.78 is 17.2. The van der Waals surface area contributed by atoms with Gasteiger partial charge in [-0.1, -0.05) is 19.3 Å². The molecule has 2 fully saturated rings. The molecule has 3 aliphatic rings. The van der Waals surface area contributed by atoms with Crippen LogP contribution in [-0.4, -0.2) is 31.4 Å². The summed E-state index contributed by atoms with van der Waals surface area (Å²) in [6, 6.07) is 5.78. The van der Waals surface area contributed by atoms with Gasteiger partial charge < -0.3 is 14.2 Å². The molecule has 0 aromatic heterocycles. The first-order valence-electron chi connectivity index (χ1n) is 10.9. The number of rotatable bonds is 6. The van der Waals surface area contributed by atoms with E-state index in [-0.39, 0.29) is 12.1 Å². The van der Waals surface area contributed by atoms with E-state index >= 15 is 0 Å². The zero-order chi connectivity index (χ0) is 20.3. The SMILES string of the molecule is CCOC(=O)C1=C(c2ccc(OC)c(OC3CCCC3)c2)NOC12CCCCC2. The Morgan fingerprint density at radius 3 is 2.59 bits per heavy atom. The monoisotopic (exact) mass is 401 g/mol. The highest BCUT2D eigenvalue weighted by Gasteiger charge is 2.48. The maximum absolute atomic E-state index is 12.9. The van der Waals surface area contributed by atoms with E-state index in [9.17, 15) is 4.79 Å². The number of nitrogens with one attached hydrogen (secondary N) is 1. The largest absolute Gasteiger partial charge is 0.493 e. The third-order valence-electron chi connectivity index (χ3n) is 6.24. The van der Waals surface area contributed by atoms with E-state index in [2.05, 4.69) is 5.48 Å². The van der Waals surface area contributed by atoms with Crippen molar-refractivity contribution in [3.05, 3.63) is 29.3 Å². The topological polar surface area (TPSA) is 66.0 Å². The zero-order valence-corrected chi connectivity index (χ0v) is 17.4. The van der Waals surface area contributed by atoms with Crippen molar-refractivity contribution in [1.82, 2.24) is 5.48 Å². The van der Waals surface area contributed by atoms with E-state index in [1.165, 1.54) is 19.3 Å². The number of carbonyl (C=O) groups is 1. The minimum Gasteiger partial charge on any atom is -0.493 e. The van der Waals surface area contributed by atoms with Gasteiger partial charge in [0.25, 0.3) is 0 Å². The Hall–Kier alpha value is -2.21. The molecule has 0 unspecified atom stereocenters. The van der Waals surface area contributed by atoms with Crippen LogP contribution in [0.4, 0.5) is 0 Å². The molecule has 1 spiro atoms. The first kappa shape index (κ1) is 20.1. The highest BCUT2D eigenvalue weighted by molar-refractivity contribution is 6.00. The van der Waals surface area contributed by atoms with Gasteiger partial charge in [-0.2, -0.15) is 0 Å². The van der Waals surface area contributed by atoms with Gasteiger partial charge in [0, 0.05) is 5.56 Å². The fourth-order valence-corrected chi connectivity index (χ4v) is 4.76. The molecule has 0 amide bonds. The molecule has 158 valence electrons. The lowest BCUT2D eigenvalue weighted by Gasteiger charge is -2.32. The molecule has 0 radical (unpaired) electrons. The number of carbonyl (C=O) groups excluding carboxylic acids is 1. The maximum atomic E-state index is 12.9. The van der Waals surface area contributed by atoms with Crippen molar-refractivity contribution in [2.45, 2.75) is 76.4 Å². The minimum atomic E-state index is -0.605. The Balaban J connectivity index is 1.72. The predicted octanol–water partition coefficient (Wildman–Crippen LogP) is 4.53. The van der Waals surface area contributed by atoms with Gasteiger partial charge in [0.15, 0.2) is 11.5 Å². The lowest BCUT2D eigenvalue weighted by Crippen LogP contribution is -2.38. The average molecular weight is 402 g/mol. The summed E-state index contributed by atoms with van der Waals surface area (Å²) in [4.78, 5) is 19.0. The quantitative estimate of drug-likeness (QED) is 0.707. The van der Waals surface area contributed by atoms with Crippen LogP contribution in [-0.2, 0) is 14.4 Å². The Bertz CT molecular complexity index is 775. The van der Waals surface area contributed by atoms with Gasteiger partial charge in [-0.05, 0) is 63.6 Å². The van der Waals surface area contributed by atoms with Gasteiger partial charge in [-0.3, -0.25) is 10.3 Å². The summed E-state index contributed by atoms with van der Waals surface area (Å²) >= 11 is 0. The molecule has 1 aromatic rings. The second-order valence-corrected chi connectivity index (χ2v) is 8.12.